The number of piperidine rings is 1. The van der Waals surface area contributed by atoms with Gasteiger partial charge in [-0.3, -0.25) is 4.79 Å². The second kappa shape index (κ2) is 5.54. The lowest BCUT2D eigenvalue weighted by Gasteiger charge is -2.30. The van der Waals surface area contributed by atoms with Gasteiger partial charge < -0.3 is 5.11 Å². The van der Waals surface area contributed by atoms with E-state index in [1.807, 2.05) is 0 Å². The molecule has 0 amide bonds. The Balaban J connectivity index is 1.96. The van der Waals surface area contributed by atoms with E-state index in [-0.39, 0.29) is 12.3 Å². The molecule has 2 rings (SSSR count). The van der Waals surface area contributed by atoms with E-state index in [2.05, 4.69) is 0 Å². The molecule has 0 radical (unpaired) electrons. The van der Waals surface area contributed by atoms with Crippen LogP contribution in [-0.2, 0) is 15.0 Å². The molecule has 104 valence electrons. The number of aliphatic carboxylic acids is 1. The van der Waals surface area contributed by atoms with Gasteiger partial charge in [-0.05, 0) is 25.2 Å². The number of rotatable bonds is 4. The van der Waals surface area contributed by atoms with Crippen LogP contribution >= 0.6 is 0 Å². The molecule has 1 N–H and O–H groups in total. The van der Waals surface area contributed by atoms with Crippen molar-refractivity contribution in [2.75, 3.05) is 26.2 Å². The van der Waals surface area contributed by atoms with Gasteiger partial charge in [-0.25, -0.2) is 0 Å². The Bertz CT molecular complexity index is 403. The lowest BCUT2D eigenvalue weighted by atomic mass is 10.1. The number of nitrogens with zero attached hydrogens (tertiary/aromatic N) is 2. The average molecular weight is 276 g/mol. The molecule has 0 aromatic rings. The number of hydrogen-bond acceptors (Lipinski definition) is 3. The summed E-state index contributed by atoms with van der Waals surface area (Å²) in [5, 5.41) is 8.73. The first-order chi connectivity index (χ1) is 8.50. The summed E-state index contributed by atoms with van der Waals surface area (Å²) in [6, 6.07) is 0. The first kappa shape index (κ1) is 13.8. The SMILES string of the molecule is O=C(O)CC1CCN(S(=O)(=O)N2CCCCC2)C1. The van der Waals surface area contributed by atoms with Gasteiger partial charge in [0.1, 0.15) is 0 Å². The molecule has 0 bridgehead atoms. The molecular weight excluding hydrogens is 256 g/mol. The van der Waals surface area contributed by atoms with Crippen molar-refractivity contribution < 1.29 is 18.3 Å². The number of hydrogen-bond donors (Lipinski definition) is 1. The van der Waals surface area contributed by atoms with Crippen LogP contribution in [0.1, 0.15) is 32.1 Å². The molecule has 1 unspecified atom stereocenters. The molecule has 0 saturated carbocycles. The third-order valence-electron chi connectivity index (χ3n) is 3.68. The van der Waals surface area contributed by atoms with Crippen molar-refractivity contribution in [3.05, 3.63) is 0 Å². The fourth-order valence-corrected chi connectivity index (χ4v) is 4.46. The Kier molecular flexibility index (Phi) is 4.24. The van der Waals surface area contributed by atoms with Crippen LogP contribution in [0.25, 0.3) is 0 Å². The van der Waals surface area contributed by atoms with Crippen LogP contribution in [0.2, 0.25) is 0 Å². The minimum atomic E-state index is -3.36. The summed E-state index contributed by atoms with van der Waals surface area (Å²) in [5.41, 5.74) is 0. The van der Waals surface area contributed by atoms with Gasteiger partial charge in [0.25, 0.3) is 10.2 Å². The molecule has 1 atom stereocenters. The van der Waals surface area contributed by atoms with E-state index in [4.69, 9.17) is 5.11 Å². The van der Waals surface area contributed by atoms with Crippen LogP contribution in [-0.4, -0.2) is 54.3 Å². The lowest BCUT2D eigenvalue weighted by Crippen LogP contribution is -2.45. The summed E-state index contributed by atoms with van der Waals surface area (Å²) >= 11 is 0. The maximum absolute atomic E-state index is 12.3. The fraction of sp³-hybridized carbons (Fsp3) is 0.909. The van der Waals surface area contributed by atoms with Crippen LogP contribution in [0, 0.1) is 5.92 Å². The van der Waals surface area contributed by atoms with Crippen molar-refractivity contribution in [2.24, 2.45) is 5.92 Å². The van der Waals surface area contributed by atoms with Crippen molar-refractivity contribution in [3.63, 3.8) is 0 Å². The van der Waals surface area contributed by atoms with E-state index in [0.29, 0.717) is 32.6 Å². The van der Waals surface area contributed by atoms with Gasteiger partial charge in [-0.15, -0.1) is 0 Å². The largest absolute Gasteiger partial charge is 0.481 e. The summed E-state index contributed by atoms with van der Waals surface area (Å²) < 4.78 is 27.6. The molecule has 2 heterocycles. The maximum atomic E-state index is 12.3. The minimum absolute atomic E-state index is 0.0398. The van der Waals surface area contributed by atoms with Gasteiger partial charge in [0.15, 0.2) is 0 Å². The number of carbonyl (C=O) groups is 1. The minimum Gasteiger partial charge on any atom is -0.481 e. The molecule has 0 spiro atoms. The molecule has 6 nitrogen and oxygen atoms in total. The third kappa shape index (κ3) is 3.02. The van der Waals surface area contributed by atoms with Crippen molar-refractivity contribution in [3.8, 4) is 0 Å². The molecule has 0 aromatic heterocycles. The normalized spacial score (nSPS) is 27.4. The monoisotopic (exact) mass is 276 g/mol. The van der Waals surface area contributed by atoms with Gasteiger partial charge >= 0.3 is 5.97 Å². The van der Waals surface area contributed by atoms with Crippen molar-refractivity contribution in [2.45, 2.75) is 32.1 Å². The zero-order valence-electron chi connectivity index (χ0n) is 10.4. The zero-order valence-corrected chi connectivity index (χ0v) is 11.2. The summed E-state index contributed by atoms with van der Waals surface area (Å²) in [6.45, 7) is 2.01. The van der Waals surface area contributed by atoms with E-state index < -0.39 is 16.2 Å². The Morgan fingerprint density at radius 3 is 2.39 bits per heavy atom. The Morgan fingerprint density at radius 1 is 1.11 bits per heavy atom. The molecule has 2 saturated heterocycles. The maximum Gasteiger partial charge on any atom is 0.303 e. The first-order valence-electron chi connectivity index (χ1n) is 6.47. The highest BCUT2D eigenvalue weighted by Gasteiger charge is 2.36. The number of carboxylic acid groups (broad SMARTS) is 1. The van der Waals surface area contributed by atoms with E-state index in [9.17, 15) is 13.2 Å². The van der Waals surface area contributed by atoms with Crippen molar-refractivity contribution >= 4 is 16.2 Å². The molecular formula is C11H20N2O4S. The molecule has 18 heavy (non-hydrogen) atoms. The second-order valence-electron chi connectivity index (χ2n) is 5.08. The van der Waals surface area contributed by atoms with Crippen LogP contribution in [0.5, 0.6) is 0 Å². The van der Waals surface area contributed by atoms with E-state index >= 15 is 0 Å². The van der Waals surface area contributed by atoms with Crippen molar-refractivity contribution in [1.29, 1.82) is 0 Å². The van der Waals surface area contributed by atoms with E-state index in [0.717, 1.165) is 19.3 Å². The van der Waals surface area contributed by atoms with E-state index in [1.165, 1.54) is 4.31 Å². The summed E-state index contributed by atoms with van der Waals surface area (Å²) in [5.74, 6) is -0.890. The fourth-order valence-electron chi connectivity index (χ4n) is 2.68. The highest BCUT2D eigenvalue weighted by atomic mass is 32.2. The second-order valence-corrected chi connectivity index (χ2v) is 7.01. The van der Waals surface area contributed by atoms with Crippen LogP contribution in [0.4, 0.5) is 0 Å². The quantitative estimate of drug-likeness (QED) is 0.811. The topological polar surface area (TPSA) is 77.9 Å². The third-order valence-corrected chi connectivity index (χ3v) is 5.68. The lowest BCUT2D eigenvalue weighted by molar-refractivity contribution is -0.137. The average Bonchev–Trinajstić information content (AvgIpc) is 2.78. The molecule has 2 aliphatic heterocycles. The van der Waals surface area contributed by atoms with Crippen LogP contribution in [0.3, 0.4) is 0 Å². The van der Waals surface area contributed by atoms with Gasteiger partial charge in [-0.2, -0.15) is 17.0 Å². The molecule has 0 aliphatic carbocycles. The molecule has 7 heteroatoms. The van der Waals surface area contributed by atoms with Crippen molar-refractivity contribution in [1.82, 2.24) is 8.61 Å². The Hall–Kier alpha value is -0.660. The van der Waals surface area contributed by atoms with Gasteiger partial charge in [0.2, 0.25) is 0 Å². The number of carboxylic acids is 1. The molecule has 2 fully saturated rings. The summed E-state index contributed by atoms with van der Waals surface area (Å²) in [6.07, 6.45) is 3.65. The zero-order chi connectivity index (χ0) is 13.2. The van der Waals surface area contributed by atoms with Crippen LogP contribution in [0.15, 0.2) is 0 Å². The predicted octanol–water partition coefficient (Wildman–Crippen LogP) is 0.514. The van der Waals surface area contributed by atoms with Gasteiger partial charge in [-0.1, -0.05) is 6.42 Å². The predicted molar refractivity (Wildman–Crippen MR) is 66.3 cm³/mol. The Morgan fingerprint density at radius 2 is 1.78 bits per heavy atom. The van der Waals surface area contributed by atoms with Crippen LogP contribution < -0.4 is 0 Å². The smallest absolute Gasteiger partial charge is 0.303 e. The summed E-state index contributed by atoms with van der Waals surface area (Å²) in [4.78, 5) is 10.6. The van der Waals surface area contributed by atoms with E-state index in [1.54, 1.807) is 4.31 Å². The van der Waals surface area contributed by atoms with Gasteiger partial charge in [0, 0.05) is 32.6 Å². The summed E-state index contributed by atoms with van der Waals surface area (Å²) in [7, 11) is -3.36. The molecule has 2 aliphatic rings. The Labute approximate surface area is 108 Å². The first-order valence-corrected chi connectivity index (χ1v) is 7.87. The highest BCUT2D eigenvalue weighted by Crippen LogP contribution is 2.25. The van der Waals surface area contributed by atoms with Gasteiger partial charge in [0.05, 0.1) is 0 Å². The standard InChI is InChI=1S/C11H20N2O4S/c14-11(15)8-10-4-7-13(9-10)18(16,17)12-5-2-1-3-6-12/h10H,1-9H2,(H,14,15). The highest BCUT2D eigenvalue weighted by molar-refractivity contribution is 7.86. The molecule has 0 aromatic carbocycles.